The number of aromatic nitrogens is 2. The predicted molar refractivity (Wildman–Crippen MR) is 78.6 cm³/mol. The average molecular weight is 310 g/mol. The van der Waals surface area contributed by atoms with E-state index in [0.29, 0.717) is 5.69 Å². The molecule has 0 aromatic carbocycles. The Hall–Kier alpha value is -1.93. The first-order valence-electron chi connectivity index (χ1n) is 6.36. The number of sulfonamides is 1. The highest BCUT2D eigenvalue weighted by Crippen LogP contribution is 2.20. The van der Waals surface area contributed by atoms with Crippen molar-refractivity contribution in [1.29, 1.82) is 0 Å². The molecule has 114 valence electrons. The number of anilines is 1. The number of hydrogen-bond donors (Lipinski definition) is 1. The van der Waals surface area contributed by atoms with Gasteiger partial charge in [0, 0.05) is 32.4 Å². The highest BCUT2D eigenvalue weighted by Gasteiger charge is 2.24. The summed E-state index contributed by atoms with van der Waals surface area (Å²) in [5.41, 5.74) is 1.14. The smallest absolute Gasteiger partial charge is 0.246 e. The zero-order valence-electron chi connectivity index (χ0n) is 12.4. The molecule has 0 unspecified atom stereocenters. The van der Waals surface area contributed by atoms with Crippen molar-refractivity contribution in [1.82, 2.24) is 14.9 Å². The Morgan fingerprint density at radius 1 is 1.33 bits per heavy atom. The van der Waals surface area contributed by atoms with E-state index in [2.05, 4.69) is 14.9 Å². The van der Waals surface area contributed by atoms with Gasteiger partial charge < -0.3 is 9.42 Å². The van der Waals surface area contributed by atoms with E-state index in [-0.39, 0.29) is 17.2 Å². The fraction of sp³-hybridized carbons (Fsp3) is 0.385. The van der Waals surface area contributed by atoms with Gasteiger partial charge in [0.1, 0.15) is 16.4 Å². The van der Waals surface area contributed by atoms with Crippen molar-refractivity contribution in [3.63, 3.8) is 0 Å². The Bertz CT molecular complexity index is 718. The topological polar surface area (TPSA) is 88.3 Å². The maximum absolute atomic E-state index is 12.3. The summed E-state index contributed by atoms with van der Waals surface area (Å²) in [6.45, 7) is 3.32. The molecule has 2 aromatic rings. The molecule has 0 radical (unpaired) electrons. The van der Waals surface area contributed by atoms with Gasteiger partial charge in [-0.3, -0.25) is 0 Å². The van der Waals surface area contributed by atoms with E-state index >= 15 is 0 Å². The molecule has 2 heterocycles. The third-order valence-electron chi connectivity index (χ3n) is 2.98. The molecular formula is C13H18N4O3S. The van der Waals surface area contributed by atoms with Crippen molar-refractivity contribution in [2.75, 3.05) is 19.0 Å². The lowest BCUT2D eigenvalue weighted by Crippen LogP contribution is -2.25. The van der Waals surface area contributed by atoms with E-state index in [1.807, 2.05) is 25.1 Å². The number of nitrogens with one attached hydrogen (secondary N) is 1. The molecule has 0 saturated heterocycles. The standard InChI is InChI=1S/C13H18N4O3S/c1-9-12(10(2)20-16-9)21(18,19)15-8-11-6-5-7-14-13(11)17(3)4/h5-7,15H,8H2,1-4H3. The summed E-state index contributed by atoms with van der Waals surface area (Å²) in [5.74, 6) is 0.998. The van der Waals surface area contributed by atoms with Gasteiger partial charge in [-0.25, -0.2) is 18.1 Å². The zero-order valence-corrected chi connectivity index (χ0v) is 13.2. The van der Waals surface area contributed by atoms with Crippen molar-refractivity contribution < 1.29 is 12.9 Å². The minimum atomic E-state index is -3.67. The van der Waals surface area contributed by atoms with Crippen LogP contribution in [0.25, 0.3) is 0 Å². The molecular weight excluding hydrogens is 292 g/mol. The Labute approximate surface area is 124 Å². The van der Waals surface area contributed by atoms with E-state index in [0.717, 1.165) is 11.4 Å². The fourth-order valence-corrected chi connectivity index (χ4v) is 3.41. The minimum Gasteiger partial charge on any atom is -0.362 e. The molecule has 0 amide bonds. The van der Waals surface area contributed by atoms with Gasteiger partial charge in [-0.2, -0.15) is 0 Å². The van der Waals surface area contributed by atoms with Crippen LogP contribution < -0.4 is 9.62 Å². The summed E-state index contributed by atoms with van der Waals surface area (Å²) in [4.78, 5) is 6.17. The highest BCUT2D eigenvalue weighted by atomic mass is 32.2. The molecule has 0 aliphatic carbocycles. The van der Waals surface area contributed by atoms with E-state index < -0.39 is 10.0 Å². The normalized spacial score (nSPS) is 11.6. The van der Waals surface area contributed by atoms with Crippen molar-refractivity contribution in [3.05, 3.63) is 35.3 Å². The Kier molecular flexibility index (Phi) is 4.29. The largest absolute Gasteiger partial charge is 0.362 e. The molecule has 21 heavy (non-hydrogen) atoms. The molecule has 0 saturated carbocycles. The first-order valence-corrected chi connectivity index (χ1v) is 7.85. The van der Waals surface area contributed by atoms with Gasteiger partial charge in [0.15, 0.2) is 5.76 Å². The SMILES string of the molecule is Cc1noc(C)c1S(=O)(=O)NCc1cccnc1N(C)C. The third kappa shape index (κ3) is 3.22. The monoisotopic (exact) mass is 310 g/mol. The number of pyridine rings is 1. The van der Waals surface area contributed by atoms with Crippen LogP contribution in [0.1, 0.15) is 17.0 Å². The van der Waals surface area contributed by atoms with Gasteiger partial charge in [0.25, 0.3) is 0 Å². The van der Waals surface area contributed by atoms with Crippen LogP contribution in [-0.4, -0.2) is 32.7 Å². The van der Waals surface area contributed by atoms with Crippen molar-refractivity contribution in [2.24, 2.45) is 0 Å². The van der Waals surface area contributed by atoms with Gasteiger partial charge >= 0.3 is 0 Å². The molecule has 1 N–H and O–H groups in total. The number of hydrogen-bond acceptors (Lipinski definition) is 6. The summed E-state index contributed by atoms with van der Waals surface area (Å²) in [6.07, 6.45) is 1.67. The van der Waals surface area contributed by atoms with Crippen LogP contribution >= 0.6 is 0 Å². The van der Waals surface area contributed by atoms with E-state index in [9.17, 15) is 8.42 Å². The average Bonchev–Trinajstić information content (AvgIpc) is 2.77. The molecule has 0 aliphatic rings. The van der Waals surface area contributed by atoms with Gasteiger partial charge in [0.05, 0.1) is 0 Å². The molecule has 0 fully saturated rings. The van der Waals surface area contributed by atoms with Crippen molar-refractivity contribution in [3.8, 4) is 0 Å². The summed E-state index contributed by atoms with van der Waals surface area (Å²) in [5, 5.41) is 3.67. The van der Waals surface area contributed by atoms with Crippen LogP contribution in [0, 0.1) is 13.8 Å². The lowest BCUT2D eigenvalue weighted by Gasteiger charge is -2.16. The van der Waals surface area contributed by atoms with E-state index in [4.69, 9.17) is 4.52 Å². The maximum Gasteiger partial charge on any atom is 0.246 e. The molecule has 2 rings (SSSR count). The Morgan fingerprint density at radius 2 is 2.05 bits per heavy atom. The predicted octanol–water partition coefficient (Wildman–Crippen LogP) is 1.23. The van der Waals surface area contributed by atoms with Crippen molar-refractivity contribution in [2.45, 2.75) is 25.3 Å². The molecule has 0 aliphatic heterocycles. The lowest BCUT2D eigenvalue weighted by molar-refractivity contribution is 0.390. The fourth-order valence-electron chi connectivity index (χ4n) is 2.07. The molecule has 7 nitrogen and oxygen atoms in total. The summed E-state index contributed by atoms with van der Waals surface area (Å²) in [6, 6.07) is 3.60. The Balaban J connectivity index is 2.24. The van der Waals surface area contributed by atoms with Crippen LogP contribution in [-0.2, 0) is 16.6 Å². The van der Waals surface area contributed by atoms with Crippen LogP contribution in [0.4, 0.5) is 5.82 Å². The summed E-state index contributed by atoms with van der Waals surface area (Å²) < 4.78 is 32.2. The van der Waals surface area contributed by atoms with Crippen LogP contribution in [0.15, 0.2) is 27.7 Å². The highest BCUT2D eigenvalue weighted by molar-refractivity contribution is 7.89. The molecule has 0 spiro atoms. The van der Waals surface area contributed by atoms with Gasteiger partial charge in [-0.1, -0.05) is 11.2 Å². The van der Waals surface area contributed by atoms with Gasteiger partial charge in [-0.05, 0) is 19.9 Å². The second-order valence-corrected chi connectivity index (χ2v) is 6.56. The van der Waals surface area contributed by atoms with Crippen LogP contribution in [0.3, 0.4) is 0 Å². The minimum absolute atomic E-state index is 0.0952. The molecule has 0 atom stereocenters. The molecule has 0 bridgehead atoms. The van der Waals surface area contributed by atoms with Gasteiger partial charge in [0.2, 0.25) is 10.0 Å². The first kappa shape index (κ1) is 15.5. The quantitative estimate of drug-likeness (QED) is 0.893. The maximum atomic E-state index is 12.3. The second-order valence-electron chi connectivity index (χ2n) is 4.86. The Morgan fingerprint density at radius 3 is 2.62 bits per heavy atom. The third-order valence-corrected chi connectivity index (χ3v) is 4.63. The second kappa shape index (κ2) is 5.82. The van der Waals surface area contributed by atoms with E-state index in [1.165, 1.54) is 0 Å². The van der Waals surface area contributed by atoms with Crippen LogP contribution in [0.2, 0.25) is 0 Å². The summed E-state index contributed by atoms with van der Waals surface area (Å²) >= 11 is 0. The van der Waals surface area contributed by atoms with Crippen LogP contribution in [0.5, 0.6) is 0 Å². The van der Waals surface area contributed by atoms with E-state index in [1.54, 1.807) is 26.1 Å². The lowest BCUT2D eigenvalue weighted by atomic mass is 10.2. The zero-order chi connectivity index (χ0) is 15.6. The van der Waals surface area contributed by atoms with Crippen molar-refractivity contribution >= 4 is 15.8 Å². The van der Waals surface area contributed by atoms with Gasteiger partial charge in [-0.15, -0.1) is 0 Å². The first-order chi connectivity index (χ1) is 9.83. The number of aryl methyl sites for hydroxylation is 2. The number of nitrogens with zero attached hydrogens (tertiary/aromatic N) is 3. The summed E-state index contributed by atoms with van der Waals surface area (Å²) in [7, 11) is 0.0401. The molecule has 8 heteroatoms. The molecule has 2 aromatic heterocycles. The number of rotatable bonds is 5.